The summed E-state index contributed by atoms with van der Waals surface area (Å²) in [6.45, 7) is 0.651. The van der Waals surface area contributed by atoms with Gasteiger partial charge in [-0.2, -0.15) is 4.21 Å². The first kappa shape index (κ1) is 11.2. The molecule has 0 aliphatic rings. The molecule has 68 valence electrons. The summed E-state index contributed by atoms with van der Waals surface area (Å²) in [4.78, 5) is 0. The highest BCUT2D eigenvalue weighted by atomic mass is 32.9. The molecule has 0 saturated heterocycles. The fourth-order valence-electron chi connectivity index (χ4n) is 0.591. The van der Waals surface area contributed by atoms with Gasteiger partial charge in [0.2, 0.25) is 0 Å². The molecule has 0 saturated carbocycles. The Morgan fingerprint density at radius 1 is 1.27 bits per heavy atom. The van der Waals surface area contributed by atoms with Crippen LogP contribution in [0.2, 0.25) is 0 Å². The number of nitrogens with two attached hydrogens (primary N) is 1. The van der Waals surface area contributed by atoms with Gasteiger partial charge in [-0.1, -0.05) is 0 Å². The van der Waals surface area contributed by atoms with Crippen LogP contribution in [0.25, 0.3) is 0 Å². The Morgan fingerprint density at radius 2 is 1.91 bits per heavy atom. The van der Waals surface area contributed by atoms with Crippen molar-refractivity contribution >= 4 is 19.4 Å². The summed E-state index contributed by atoms with van der Waals surface area (Å²) in [5, 5.41) is 0. The molecule has 6 heteroatoms. The topological polar surface area (TPSA) is 83.6 Å². The van der Waals surface area contributed by atoms with Gasteiger partial charge in [-0.05, 0) is 19.4 Å². The molecule has 0 aromatic carbocycles. The molecule has 0 aliphatic heterocycles. The molecule has 0 atom stereocenters. The summed E-state index contributed by atoms with van der Waals surface area (Å²) in [6, 6.07) is 0. The van der Waals surface area contributed by atoms with E-state index in [9.17, 15) is 4.21 Å². The molecule has 4 N–H and O–H groups in total. The monoisotopic (exact) mass is 200 g/mol. The third-order valence-electron chi connectivity index (χ3n) is 1.09. The molecule has 0 aromatic heterocycles. The maximum atomic E-state index is 10.3. The van der Waals surface area contributed by atoms with E-state index in [1.165, 1.54) is 0 Å². The lowest BCUT2D eigenvalue weighted by atomic mass is 10.2. The van der Waals surface area contributed by atoms with Crippen molar-refractivity contribution in [1.82, 2.24) is 0 Å². The minimum atomic E-state index is -3.58. The van der Waals surface area contributed by atoms with Gasteiger partial charge >= 0.3 is 9.05 Å². The largest absolute Gasteiger partial charge is 0.430 e. The van der Waals surface area contributed by atoms with Gasteiger partial charge in [0.15, 0.2) is 5.75 Å². The molecule has 0 bridgehead atoms. The van der Waals surface area contributed by atoms with Gasteiger partial charge in [0.05, 0.1) is 0 Å². The lowest BCUT2D eigenvalue weighted by Gasteiger charge is -1.88. The van der Waals surface area contributed by atoms with Gasteiger partial charge in [-0.25, -0.2) is 0 Å². The predicted octanol–water partition coefficient (Wildman–Crippen LogP) is 0.343. The van der Waals surface area contributed by atoms with Crippen molar-refractivity contribution in [3.05, 3.63) is 0 Å². The summed E-state index contributed by atoms with van der Waals surface area (Å²) in [6.07, 6.45) is 2.69. The summed E-state index contributed by atoms with van der Waals surface area (Å²) in [5.74, 6) is 0.506. The molecule has 0 fully saturated rings. The van der Waals surface area contributed by atoms with Gasteiger partial charge in [0.25, 0.3) is 10.3 Å². The van der Waals surface area contributed by atoms with Crippen LogP contribution in [0.5, 0.6) is 0 Å². The summed E-state index contributed by atoms with van der Waals surface area (Å²) in [5.41, 5.74) is 5.23. The van der Waals surface area contributed by atoms with Gasteiger partial charge < -0.3 is 5.73 Å². The Hall–Kier alpha value is 0.250. The molecule has 0 aromatic rings. The molecule has 11 heavy (non-hydrogen) atoms. The average Bonchev–Trinajstić information content (AvgIpc) is 1.85. The maximum Gasteiger partial charge on any atom is 0.430 e. The third-order valence-corrected chi connectivity index (χ3v) is 3.27. The summed E-state index contributed by atoms with van der Waals surface area (Å²) < 4.78 is 27.1. The zero-order valence-electron chi connectivity index (χ0n) is 6.23. The molecular weight excluding hydrogens is 186 g/mol. The quantitative estimate of drug-likeness (QED) is 0.441. The van der Waals surface area contributed by atoms with Crippen molar-refractivity contribution in [2.75, 3.05) is 12.3 Å². The fraction of sp³-hybridized carbons (Fsp3) is 1.00. The molecule has 0 radical (unpaired) electrons. The van der Waals surface area contributed by atoms with E-state index >= 15 is 0 Å². The lowest BCUT2D eigenvalue weighted by Crippen LogP contribution is -2.00. The van der Waals surface area contributed by atoms with Crippen molar-refractivity contribution in [3.63, 3.8) is 0 Å². The second-order valence-corrected chi connectivity index (χ2v) is 5.67. The van der Waals surface area contributed by atoms with Crippen molar-refractivity contribution in [2.45, 2.75) is 19.3 Å². The van der Waals surface area contributed by atoms with E-state index in [4.69, 9.17) is 14.8 Å². The van der Waals surface area contributed by atoms with Crippen LogP contribution in [0.15, 0.2) is 0 Å². The van der Waals surface area contributed by atoms with Gasteiger partial charge in [-0.15, -0.1) is 0 Å². The Kier molecular flexibility index (Phi) is 5.98. The number of rotatable bonds is 5. The maximum absolute atomic E-state index is 10.3. The van der Waals surface area contributed by atoms with Crippen LogP contribution >= 0.6 is 0 Å². The molecule has 0 amide bonds. The SMILES string of the molecule is NCCCCC[S+]=S(=O)(O)O. The Morgan fingerprint density at radius 3 is 2.36 bits per heavy atom. The molecule has 0 spiro atoms. The van der Waals surface area contributed by atoms with Crippen molar-refractivity contribution in [1.29, 1.82) is 0 Å². The highest BCUT2D eigenvalue weighted by Gasteiger charge is 2.07. The Bertz CT molecular complexity index is 190. The number of hydrogen-bond acceptors (Lipinski definition) is 2. The third kappa shape index (κ3) is 10.2. The highest BCUT2D eigenvalue weighted by molar-refractivity contribution is 8.34. The van der Waals surface area contributed by atoms with E-state index in [-0.39, 0.29) is 0 Å². The van der Waals surface area contributed by atoms with Gasteiger partial charge in [-0.3, -0.25) is 9.11 Å². The molecule has 0 unspecified atom stereocenters. The number of unbranched alkanes of at least 4 members (excludes halogenated alkanes) is 2. The van der Waals surface area contributed by atoms with Crippen LogP contribution < -0.4 is 5.73 Å². The lowest BCUT2D eigenvalue weighted by molar-refractivity contribution is 0.450. The minimum Gasteiger partial charge on any atom is -0.330 e. The standard InChI is InChI=1S/C5H13NO3S2/c6-4-2-1-3-5-10-11(7,8)9/h1-6H2,(H-,7,8,9)/p+1. The fourth-order valence-corrected chi connectivity index (χ4v) is 2.13. The van der Waals surface area contributed by atoms with E-state index in [1.807, 2.05) is 0 Å². The second kappa shape index (κ2) is 5.84. The Labute approximate surface area is 70.5 Å². The average molecular weight is 200 g/mol. The predicted molar refractivity (Wildman–Crippen MR) is 48.5 cm³/mol. The molecule has 4 nitrogen and oxygen atoms in total. The van der Waals surface area contributed by atoms with Crippen molar-refractivity contribution in [3.8, 4) is 0 Å². The van der Waals surface area contributed by atoms with E-state index < -0.39 is 9.05 Å². The second-order valence-electron chi connectivity index (χ2n) is 2.12. The van der Waals surface area contributed by atoms with Crippen molar-refractivity contribution in [2.24, 2.45) is 5.73 Å². The molecule has 0 aliphatic carbocycles. The van der Waals surface area contributed by atoms with E-state index in [1.54, 1.807) is 0 Å². The van der Waals surface area contributed by atoms with Crippen LogP contribution in [-0.4, -0.2) is 25.6 Å². The zero-order chi connectivity index (χ0) is 8.74. The van der Waals surface area contributed by atoms with Crippen LogP contribution in [0.3, 0.4) is 0 Å². The summed E-state index contributed by atoms with van der Waals surface area (Å²) >= 11 is 0. The van der Waals surface area contributed by atoms with Crippen LogP contribution in [0.4, 0.5) is 0 Å². The molecule has 0 rings (SSSR count). The molecular formula is C5H14NO3S2+. The minimum absolute atomic E-state index is 0.506. The van der Waals surface area contributed by atoms with E-state index in [0.717, 1.165) is 19.3 Å². The smallest absolute Gasteiger partial charge is 0.330 e. The zero-order valence-corrected chi connectivity index (χ0v) is 7.87. The van der Waals surface area contributed by atoms with Gasteiger partial charge in [0.1, 0.15) is 0 Å². The first-order chi connectivity index (χ1) is 5.06. The van der Waals surface area contributed by atoms with Crippen LogP contribution in [0, 0.1) is 0 Å². The van der Waals surface area contributed by atoms with Crippen molar-refractivity contribution < 1.29 is 13.3 Å². The van der Waals surface area contributed by atoms with Crippen LogP contribution in [0.1, 0.15) is 19.3 Å². The first-order valence-electron chi connectivity index (χ1n) is 3.40. The number of hydrogen-bond donors (Lipinski definition) is 3. The van der Waals surface area contributed by atoms with Crippen LogP contribution in [-0.2, 0) is 19.4 Å². The Balaban J connectivity index is 3.36. The summed E-state index contributed by atoms with van der Waals surface area (Å²) in [7, 11) is -2.89. The van der Waals surface area contributed by atoms with Gasteiger partial charge in [0, 0.05) is 6.42 Å². The highest BCUT2D eigenvalue weighted by Crippen LogP contribution is 1.93. The normalized spacial score (nSPS) is 11.5. The first-order valence-corrected chi connectivity index (χ1v) is 6.37. The van der Waals surface area contributed by atoms with E-state index in [2.05, 4.69) is 0 Å². The van der Waals surface area contributed by atoms with E-state index in [0.29, 0.717) is 22.6 Å². The molecule has 0 heterocycles.